The van der Waals surface area contributed by atoms with Crippen LogP contribution >= 0.6 is 11.6 Å². The molecule has 0 saturated heterocycles. The van der Waals surface area contributed by atoms with E-state index in [0.29, 0.717) is 12.3 Å². The van der Waals surface area contributed by atoms with Crippen molar-refractivity contribution in [2.45, 2.75) is 12.8 Å². The monoisotopic (exact) mass is 287 g/mol. The standard InChI is InChI=1S/C9H19ClNO2.BrH/c1-11(2,8-6-10)7-4-5-9(12)13-3;/h4-8H2,1-3H3;1H/q+1;/p-1. The lowest BCUT2D eigenvalue weighted by Crippen LogP contribution is -3.00. The second-order valence-electron chi connectivity index (χ2n) is 3.75. The molecule has 5 heteroatoms. The van der Waals surface area contributed by atoms with E-state index in [2.05, 4.69) is 18.8 Å². The Kier molecular flexibility index (Phi) is 10.1. The first-order valence-electron chi connectivity index (χ1n) is 4.46. The first kappa shape index (κ1) is 16.6. The predicted molar refractivity (Wildman–Crippen MR) is 53.8 cm³/mol. The van der Waals surface area contributed by atoms with Crippen LogP contribution in [-0.2, 0) is 9.53 Å². The van der Waals surface area contributed by atoms with E-state index in [0.717, 1.165) is 24.0 Å². The Bertz CT molecular complexity index is 165. The molecule has 0 aliphatic rings. The molecule has 14 heavy (non-hydrogen) atoms. The van der Waals surface area contributed by atoms with Gasteiger partial charge in [-0.1, -0.05) is 0 Å². The molecule has 0 aromatic heterocycles. The second kappa shape index (κ2) is 8.50. The van der Waals surface area contributed by atoms with Crippen LogP contribution in [0, 0.1) is 0 Å². The highest BCUT2D eigenvalue weighted by Crippen LogP contribution is 2.02. The maximum atomic E-state index is 10.8. The van der Waals surface area contributed by atoms with E-state index in [1.54, 1.807) is 0 Å². The summed E-state index contributed by atoms with van der Waals surface area (Å²) in [7, 11) is 5.64. The number of hydrogen-bond donors (Lipinski definition) is 0. The molecule has 86 valence electrons. The van der Waals surface area contributed by atoms with Gasteiger partial charge in [0, 0.05) is 6.42 Å². The fourth-order valence-corrected chi connectivity index (χ4v) is 1.55. The van der Waals surface area contributed by atoms with Crippen molar-refractivity contribution in [3.05, 3.63) is 0 Å². The Morgan fingerprint density at radius 1 is 1.36 bits per heavy atom. The van der Waals surface area contributed by atoms with Gasteiger partial charge in [-0.05, 0) is 0 Å². The highest BCUT2D eigenvalue weighted by molar-refractivity contribution is 6.17. The molecule has 0 aliphatic carbocycles. The topological polar surface area (TPSA) is 26.3 Å². The molecule has 0 radical (unpaired) electrons. The quantitative estimate of drug-likeness (QED) is 0.329. The van der Waals surface area contributed by atoms with E-state index in [9.17, 15) is 4.79 Å². The smallest absolute Gasteiger partial charge is 0.305 e. The van der Waals surface area contributed by atoms with Crippen LogP contribution in [0.25, 0.3) is 0 Å². The number of esters is 1. The number of carbonyl (C=O) groups excluding carboxylic acids is 1. The summed E-state index contributed by atoms with van der Waals surface area (Å²) in [5, 5.41) is 0. The van der Waals surface area contributed by atoms with Crippen LogP contribution in [-0.4, -0.2) is 50.6 Å². The zero-order valence-corrected chi connectivity index (χ0v) is 11.4. The lowest BCUT2D eigenvalue weighted by atomic mass is 10.3. The van der Waals surface area contributed by atoms with Crippen molar-refractivity contribution in [1.82, 2.24) is 0 Å². The van der Waals surface area contributed by atoms with Crippen LogP contribution in [0.1, 0.15) is 12.8 Å². The van der Waals surface area contributed by atoms with E-state index >= 15 is 0 Å². The van der Waals surface area contributed by atoms with Gasteiger partial charge >= 0.3 is 5.97 Å². The number of halogens is 2. The molecule has 0 N–H and O–H groups in total. The SMILES string of the molecule is COC(=O)CCC[N+](C)(C)CCCl.[Br-]. The number of nitrogens with zero attached hydrogens (tertiary/aromatic N) is 1. The zero-order valence-electron chi connectivity index (χ0n) is 9.06. The molecule has 0 heterocycles. The molecule has 0 unspecified atom stereocenters. The largest absolute Gasteiger partial charge is 1.00 e. The molecule has 0 rings (SSSR count). The molecule has 0 atom stereocenters. The van der Waals surface area contributed by atoms with Crippen LogP contribution in [0.5, 0.6) is 0 Å². The highest BCUT2D eigenvalue weighted by atomic mass is 79.9. The third-order valence-corrected chi connectivity index (χ3v) is 2.23. The third kappa shape index (κ3) is 8.78. The van der Waals surface area contributed by atoms with Crippen molar-refractivity contribution >= 4 is 17.6 Å². The Balaban J connectivity index is 0. The Morgan fingerprint density at radius 2 is 1.93 bits per heavy atom. The number of rotatable bonds is 6. The summed E-state index contributed by atoms with van der Waals surface area (Å²) in [6.07, 6.45) is 1.36. The van der Waals surface area contributed by atoms with Gasteiger partial charge in [0.15, 0.2) is 0 Å². The summed E-state index contributed by atoms with van der Waals surface area (Å²) >= 11 is 5.65. The Labute approximate surface area is 102 Å². The minimum atomic E-state index is -0.133. The fraction of sp³-hybridized carbons (Fsp3) is 0.889. The highest BCUT2D eigenvalue weighted by Gasteiger charge is 2.14. The molecule has 3 nitrogen and oxygen atoms in total. The van der Waals surface area contributed by atoms with Gasteiger partial charge in [-0.3, -0.25) is 4.79 Å². The number of alkyl halides is 1. The van der Waals surface area contributed by atoms with Crippen LogP contribution in [0.4, 0.5) is 0 Å². The summed E-state index contributed by atoms with van der Waals surface area (Å²) in [5.74, 6) is 0.525. The summed E-state index contributed by atoms with van der Waals surface area (Å²) < 4.78 is 5.41. The van der Waals surface area contributed by atoms with Gasteiger partial charge in [-0.2, -0.15) is 0 Å². The molecule has 0 amide bonds. The number of methoxy groups -OCH3 is 1. The first-order chi connectivity index (χ1) is 6.02. The molecule has 0 aromatic carbocycles. The normalized spacial score (nSPS) is 10.6. The van der Waals surface area contributed by atoms with E-state index < -0.39 is 0 Å². The molecule has 0 bridgehead atoms. The maximum absolute atomic E-state index is 10.8. The zero-order chi connectivity index (χ0) is 10.3. The summed E-state index contributed by atoms with van der Waals surface area (Å²) in [5.41, 5.74) is 0. The van der Waals surface area contributed by atoms with Gasteiger partial charge in [0.25, 0.3) is 0 Å². The maximum Gasteiger partial charge on any atom is 0.305 e. The summed E-state index contributed by atoms with van der Waals surface area (Å²) in [6, 6.07) is 0. The lowest BCUT2D eigenvalue weighted by Gasteiger charge is -2.28. The van der Waals surface area contributed by atoms with Crippen LogP contribution in [0.3, 0.4) is 0 Å². The van der Waals surface area contributed by atoms with Crippen molar-refractivity contribution in [2.24, 2.45) is 0 Å². The Morgan fingerprint density at radius 3 is 2.36 bits per heavy atom. The van der Waals surface area contributed by atoms with Gasteiger partial charge in [-0.25, -0.2) is 0 Å². The minimum Gasteiger partial charge on any atom is -1.00 e. The third-order valence-electron chi connectivity index (χ3n) is 2.06. The van der Waals surface area contributed by atoms with Gasteiger partial charge in [-0.15, -0.1) is 11.6 Å². The van der Waals surface area contributed by atoms with E-state index in [1.165, 1.54) is 7.11 Å². The van der Waals surface area contributed by atoms with Crippen molar-refractivity contribution in [2.75, 3.05) is 40.2 Å². The molecule has 0 fully saturated rings. The molecular formula is C9H19BrClNO2. The van der Waals surface area contributed by atoms with E-state index in [1.807, 2.05) is 0 Å². The average molecular weight is 289 g/mol. The lowest BCUT2D eigenvalue weighted by molar-refractivity contribution is -0.888. The second-order valence-corrected chi connectivity index (χ2v) is 4.13. The van der Waals surface area contributed by atoms with E-state index in [-0.39, 0.29) is 23.0 Å². The fourth-order valence-electron chi connectivity index (χ4n) is 1.09. The molecular weight excluding hydrogens is 269 g/mol. The van der Waals surface area contributed by atoms with Crippen molar-refractivity contribution in [3.63, 3.8) is 0 Å². The van der Waals surface area contributed by atoms with Gasteiger partial charge in [0.1, 0.15) is 0 Å². The van der Waals surface area contributed by atoms with Gasteiger partial charge < -0.3 is 26.2 Å². The number of ether oxygens (including phenoxy) is 1. The van der Waals surface area contributed by atoms with Crippen LogP contribution in [0.2, 0.25) is 0 Å². The molecule has 0 saturated carbocycles. The minimum absolute atomic E-state index is 0. The van der Waals surface area contributed by atoms with Crippen LogP contribution in [0.15, 0.2) is 0 Å². The van der Waals surface area contributed by atoms with Crippen LogP contribution < -0.4 is 17.0 Å². The number of carbonyl (C=O) groups is 1. The number of quaternary nitrogens is 1. The van der Waals surface area contributed by atoms with Gasteiger partial charge in [0.05, 0.1) is 46.6 Å². The van der Waals surface area contributed by atoms with Gasteiger partial charge in [0.2, 0.25) is 0 Å². The van der Waals surface area contributed by atoms with E-state index in [4.69, 9.17) is 11.6 Å². The Hall–Kier alpha value is 0.200. The first-order valence-corrected chi connectivity index (χ1v) is 5.00. The predicted octanol–water partition coefficient (Wildman–Crippen LogP) is -1.74. The molecule has 0 aromatic rings. The van der Waals surface area contributed by atoms with Crippen molar-refractivity contribution in [1.29, 1.82) is 0 Å². The van der Waals surface area contributed by atoms with Crippen molar-refractivity contribution in [3.8, 4) is 0 Å². The summed E-state index contributed by atoms with van der Waals surface area (Å²) in [4.78, 5) is 10.8. The molecule has 0 aliphatic heterocycles. The molecule has 0 spiro atoms. The number of hydrogen-bond acceptors (Lipinski definition) is 2. The average Bonchev–Trinajstić information content (AvgIpc) is 2.03. The van der Waals surface area contributed by atoms with Crippen molar-refractivity contribution < 1.29 is 31.0 Å². The summed E-state index contributed by atoms with van der Waals surface area (Å²) in [6.45, 7) is 1.89.